The average Bonchev–Trinajstić information content (AvgIpc) is 3.29. The Balaban J connectivity index is 1.67. The number of anilines is 2. The van der Waals surface area contributed by atoms with Crippen LogP contribution in [0.25, 0.3) is 0 Å². The predicted molar refractivity (Wildman–Crippen MR) is 86.5 cm³/mol. The maximum atomic E-state index is 12.8. The molecule has 1 aliphatic heterocycles. The lowest BCUT2D eigenvalue weighted by Crippen LogP contribution is -2.45. The van der Waals surface area contributed by atoms with Crippen molar-refractivity contribution in [2.75, 3.05) is 22.9 Å². The van der Waals surface area contributed by atoms with Gasteiger partial charge in [0.25, 0.3) is 5.91 Å². The SMILES string of the molecule is CCc1cc(C(=O)N2CCN(C3CC3)c3ccccc32)n[nH]1. The number of hydrogen-bond acceptors (Lipinski definition) is 3. The molecule has 1 fully saturated rings. The van der Waals surface area contributed by atoms with E-state index in [0.29, 0.717) is 11.7 Å². The van der Waals surface area contributed by atoms with Crippen molar-refractivity contribution in [1.29, 1.82) is 0 Å². The van der Waals surface area contributed by atoms with E-state index in [1.165, 1.54) is 18.5 Å². The second-order valence-electron chi connectivity index (χ2n) is 6.00. The minimum atomic E-state index is -0.0150. The fourth-order valence-electron chi connectivity index (χ4n) is 3.15. The standard InChI is InChI=1S/C17H20N4O/c1-2-12-11-14(19-18-12)17(22)21-10-9-20(13-7-8-13)15-5-3-4-6-16(15)21/h3-6,11,13H,2,7-10H2,1H3,(H,18,19). The summed E-state index contributed by atoms with van der Waals surface area (Å²) in [6, 6.07) is 10.7. The highest BCUT2D eigenvalue weighted by atomic mass is 16.2. The van der Waals surface area contributed by atoms with Gasteiger partial charge in [-0.15, -0.1) is 0 Å². The zero-order valence-electron chi connectivity index (χ0n) is 12.7. The molecule has 0 spiro atoms. The summed E-state index contributed by atoms with van der Waals surface area (Å²) in [5.41, 5.74) is 3.68. The summed E-state index contributed by atoms with van der Waals surface area (Å²) in [4.78, 5) is 17.1. The largest absolute Gasteiger partial charge is 0.365 e. The van der Waals surface area contributed by atoms with Gasteiger partial charge in [0.1, 0.15) is 0 Å². The van der Waals surface area contributed by atoms with E-state index >= 15 is 0 Å². The number of para-hydroxylation sites is 2. The molecule has 0 radical (unpaired) electrons. The Labute approximate surface area is 129 Å². The van der Waals surface area contributed by atoms with Crippen LogP contribution in [-0.2, 0) is 6.42 Å². The number of aromatic nitrogens is 2. The van der Waals surface area contributed by atoms with Crippen LogP contribution >= 0.6 is 0 Å². The van der Waals surface area contributed by atoms with Crippen LogP contribution in [0.3, 0.4) is 0 Å². The molecule has 1 aromatic heterocycles. The monoisotopic (exact) mass is 296 g/mol. The third kappa shape index (κ3) is 2.17. The average molecular weight is 296 g/mol. The molecule has 0 unspecified atom stereocenters. The molecule has 5 heteroatoms. The molecule has 1 saturated carbocycles. The number of H-pyrrole nitrogens is 1. The summed E-state index contributed by atoms with van der Waals surface area (Å²) < 4.78 is 0. The van der Waals surface area contributed by atoms with Crippen molar-refractivity contribution in [3.63, 3.8) is 0 Å². The normalized spacial score (nSPS) is 17.5. The van der Waals surface area contributed by atoms with Crippen molar-refractivity contribution in [3.05, 3.63) is 41.7 Å². The van der Waals surface area contributed by atoms with E-state index in [2.05, 4.69) is 21.2 Å². The van der Waals surface area contributed by atoms with Crippen molar-refractivity contribution in [3.8, 4) is 0 Å². The van der Waals surface area contributed by atoms with Gasteiger partial charge in [-0.2, -0.15) is 5.10 Å². The van der Waals surface area contributed by atoms with Crippen LogP contribution in [-0.4, -0.2) is 35.2 Å². The molecule has 0 atom stereocenters. The fraction of sp³-hybridized carbons (Fsp3) is 0.412. The van der Waals surface area contributed by atoms with Gasteiger partial charge in [-0.25, -0.2) is 0 Å². The number of rotatable bonds is 3. The lowest BCUT2D eigenvalue weighted by Gasteiger charge is -2.37. The number of hydrogen-bond donors (Lipinski definition) is 1. The molecule has 0 bridgehead atoms. The molecular weight excluding hydrogens is 276 g/mol. The van der Waals surface area contributed by atoms with E-state index in [-0.39, 0.29) is 5.91 Å². The quantitative estimate of drug-likeness (QED) is 0.947. The zero-order valence-corrected chi connectivity index (χ0v) is 12.7. The molecule has 2 heterocycles. The van der Waals surface area contributed by atoms with Gasteiger partial charge in [0.15, 0.2) is 5.69 Å². The summed E-state index contributed by atoms with van der Waals surface area (Å²) in [5.74, 6) is -0.0150. The molecule has 1 N–H and O–H groups in total. The predicted octanol–water partition coefficient (Wildman–Crippen LogP) is 2.60. The number of amides is 1. The maximum absolute atomic E-state index is 12.8. The molecule has 1 amide bonds. The van der Waals surface area contributed by atoms with Crippen LogP contribution in [0, 0.1) is 0 Å². The highest BCUT2D eigenvalue weighted by Gasteiger charge is 2.35. The van der Waals surface area contributed by atoms with E-state index in [1.54, 1.807) is 0 Å². The lowest BCUT2D eigenvalue weighted by molar-refractivity contribution is 0.0981. The van der Waals surface area contributed by atoms with Gasteiger partial charge in [0.05, 0.1) is 11.4 Å². The third-order valence-electron chi connectivity index (χ3n) is 4.51. The zero-order chi connectivity index (χ0) is 15.1. The van der Waals surface area contributed by atoms with Gasteiger partial charge in [-0.05, 0) is 37.5 Å². The van der Waals surface area contributed by atoms with E-state index < -0.39 is 0 Å². The first-order chi connectivity index (χ1) is 10.8. The van der Waals surface area contributed by atoms with Crippen molar-refractivity contribution in [2.24, 2.45) is 0 Å². The Hall–Kier alpha value is -2.30. The lowest BCUT2D eigenvalue weighted by atomic mass is 10.1. The number of carbonyl (C=O) groups excluding carboxylic acids is 1. The molecule has 2 aromatic rings. The molecule has 5 nitrogen and oxygen atoms in total. The van der Waals surface area contributed by atoms with Crippen LogP contribution in [0.1, 0.15) is 35.9 Å². The molecule has 1 aliphatic carbocycles. The molecule has 1 aromatic carbocycles. The first-order valence-corrected chi connectivity index (χ1v) is 7.99. The second kappa shape index (κ2) is 5.16. The van der Waals surface area contributed by atoms with Gasteiger partial charge < -0.3 is 9.80 Å². The number of benzene rings is 1. The van der Waals surface area contributed by atoms with Gasteiger partial charge in [0.2, 0.25) is 0 Å². The summed E-state index contributed by atoms with van der Waals surface area (Å²) in [5, 5.41) is 7.10. The topological polar surface area (TPSA) is 52.2 Å². The minimum absolute atomic E-state index is 0.0150. The summed E-state index contributed by atoms with van der Waals surface area (Å²) in [6.45, 7) is 3.67. The molecule has 114 valence electrons. The van der Waals surface area contributed by atoms with Crippen molar-refractivity contribution < 1.29 is 4.79 Å². The fourth-order valence-corrected chi connectivity index (χ4v) is 3.15. The number of aromatic amines is 1. The van der Waals surface area contributed by atoms with E-state index in [4.69, 9.17) is 0 Å². The Morgan fingerprint density at radius 3 is 2.73 bits per heavy atom. The first-order valence-electron chi connectivity index (χ1n) is 7.99. The summed E-state index contributed by atoms with van der Waals surface area (Å²) in [6.07, 6.45) is 3.38. The van der Waals surface area contributed by atoms with Crippen molar-refractivity contribution >= 4 is 17.3 Å². The summed E-state index contributed by atoms with van der Waals surface area (Å²) >= 11 is 0. The third-order valence-corrected chi connectivity index (χ3v) is 4.51. The number of carbonyl (C=O) groups is 1. The maximum Gasteiger partial charge on any atom is 0.278 e. The van der Waals surface area contributed by atoms with E-state index in [0.717, 1.165) is 30.9 Å². The second-order valence-corrected chi connectivity index (χ2v) is 6.00. The number of fused-ring (bicyclic) bond motifs is 1. The number of aryl methyl sites for hydroxylation is 1. The summed E-state index contributed by atoms with van der Waals surface area (Å²) in [7, 11) is 0. The van der Waals surface area contributed by atoms with Crippen LogP contribution in [0.5, 0.6) is 0 Å². The van der Waals surface area contributed by atoms with Crippen LogP contribution in [0.4, 0.5) is 11.4 Å². The molecule has 0 saturated heterocycles. The van der Waals surface area contributed by atoms with Crippen LogP contribution < -0.4 is 9.80 Å². The number of nitrogens with zero attached hydrogens (tertiary/aromatic N) is 3. The molecule has 22 heavy (non-hydrogen) atoms. The first kappa shape index (κ1) is 13.4. The smallest absolute Gasteiger partial charge is 0.278 e. The Bertz CT molecular complexity index is 704. The van der Waals surface area contributed by atoms with Gasteiger partial charge in [0, 0.05) is 24.8 Å². The van der Waals surface area contributed by atoms with Crippen molar-refractivity contribution in [1.82, 2.24) is 10.2 Å². The highest BCUT2D eigenvalue weighted by Crippen LogP contribution is 2.40. The molecule has 4 rings (SSSR count). The van der Waals surface area contributed by atoms with E-state index in [9.17, 15) is 4.79 Å². The van der Waals surface area contributed by atoms with E-state index in [1.807, 2.05) is 36.1 Å². The Morgan fingerprint density at radius 1 is 1.27 bits per heavy atom. The highest BCUT2D eigenvalue weighted by molar-refractivity contribution is 6.07. The van der Waals surface area contributed by atoms with Gasteiger partial charge in [-0.3, -0.25) is 9.89 Å². The Kier molecular flexibility index (Phi) is 3.13. The van der Waals surface area contributed by atoms with Crippen molar-refractivity contribution in [2.45, 2.75) is 32.2 Å². The number of nitrogens with one attached hydrogen (secondary N) is 1. The van der Waals surface area contributed by atoms with Gasteiger partial charge >= 0.3 is 0 Å². The van der Waals surface area contributed by atoms with Crippen LogP contribution in [0.2, 0.25) is 0 Å². The molecule has 2 aliphatic rings. The Morgan fingerprint density at radius 2 is 2.05 bits per heavy atom. The molecular formula is C17H20N4O. The van der Waals surface area contributed by atoms with Crippen LogP contribution in [0.15, 0.2) is 30.3 Å². The minimum Gasteiger partial charge on any atom is -0.365 e. The van der Waals surface area contributed by atoms with Gasteiger partial charge in [-0.1, -0.05) is 19.1 Å².